The van der Waals surface area contributed by atoms with Crippen LogP contribution in [0.3, 0.4) is 0 Å². The van der Waals surface area contributed by atoms with E-state index in [0.717, 1.165) is 36.8 Å². The summed E-state index contributed by atoms with van der Waals surface area (Å²) in [6.07, 6.45) is 5.97. The number of carbonyl (C=O) groups is 2. The Morgan fingerprint density at radius 2 is 1.27 bits per heavy atom. The molecule has 0 spiro atoms. The molecule has 8 heteroatoms. The lowest BCUT2D eigenvalue weighted by atomic mass is 9.98. The number of ether oxygens (including phenoxy) is 4. The van der Waals surface area contributed by atoms with E-state index in [4.69, 9.17) is 18.9 Å². The smallest absolute Gasteiger partial charge is 0.325 e. The second-order valence-electron chi connectivity index (χ2n) is 9.06. The quantitative estimate of drug-likeness (QED) is 0.221. The molecular formula is C29H32N2O6. The van der Waals surface area contributed by atoms with Gasteiger partial charge in [-0.2, -0.15) is 0 Å². The van der Waals surface area contributed by atoms with E-state index in [1.165, 1.54) is 10.9 Å². The van der Waals surface area contributed by atoms with Crippen molar-refractivity contribution in [1.82, 2.24) is 9.13 Å². The van der Waals surface area contributed by atoms with E-state index in [2.05, 4.69) is 45.7 Å². The van der Waals surface area contributed by atoms with Gasteiger partial charge in [0.25, 0.3) is 0 Å². The van der Waals surface area contributed by atoms with Crippen LogP contribution in [0.1, 0.15) is 24.3 Å². The number of benzene rings is 2. The first kappa shape index (κ1) is 25.0. The van der Waals surface area contributed by atoms with Gasteiger partial charge in [-0.05, 0) is 36.4 Å². The molecule has 2 aromatic carbocycles. The zero-order valence-corrected chi connectivity index (χ0v) is 20.8. The fraction of sp³-hybridized carbons (Fsp3) is 0.379. The van der Waals surface area contributed by atoms with Crippen molar-refractivity contribution in [2.24, 2.45) is 0 Å². The summed E-state index contributed by atoms with van der Waals surface area (Å²) < 4.78 is 26.0. The van der Waals surface area contributed by atoms with E-state index in [9.17, 15) is 9.59 Å². The number of carbonyl (C=O) groups excluding carboxylic acids is 2. The van der Waals surface area contributed by atoms with Crippen molar-refractivity contribution < 1.29 is 28.5 Å². The summed E-state index contributed by atoms with van der Waals surface area (Å²) in [5.74, 6) is -2.43. The molecule has 3 heterocycles. The van der Waals surface area contributed by atoms with Crippen LogP contribution in [0.15, 0.2) is 67.0 Å². The normalized spacial score (nSPS) is 16.6. The third-order valence-electron chi connectivity index (χ3n) is 6.65. The van der Waals surface area contributed by atoms with E-state index in [0.29, 0.717) is 18.8 Å². The number of hydrogen-bond acceptors (Lipinski definition) is 6. The SMILES string of the molecule is O=C1OCCOCCOCCOC(=O)C1c1cn(CCCCn2ccc3ccccc32)c2ccccc12. The van der Waals surface area contributed by atoms with Gasteiger partial charge in [-0.1, -0.05) is 36.4 Å². The Kier molecular flexibility index (Phi) is 8.18. The minimum absolute atomic E-state index is 0.0648. The summed E-state index contributed by atoms with van der Waals surface area (Å²) in [6, 6.07) is 18.3. The number of fused-ring (bicyclic) bond motifs is 2. The van der Waals surface area contributed by atoms with Crippen molar-refractivity contribution in [3.63, 3.8) is 0 Å². The molecule has 0 atom stereocenters. The Balaban J connectivity index is 1.33. The van der Waals surface area contributed by atoms with Gasteiger partial charge in [0.05, 0.1) is 26.4 Å². The summed E-state index contributed by atoms with van der Waals surface area (Å²) in [7, 11) is 0. The van der Waals surface area contributed by atoms with Crippen LogP contribution in [0, 0.1) is 0 Å². The van der Waals surface area contributed by atoms with Gasteiger partial charge in [0, 0.05) is 47.5 Å². The topological polar surface area (TPSA) is 80.9 Å². The lowest BCUT2D eigenvalue weighted by Crippen LogP contribution is -2.27. The van der Waals surface area contributed by atoms with Crippen molar-refractivity contribution in [3.05, 3.63) is 72.6 Å². The van der Waals surface area contributed by atoms with Crippen LogP contribution >= 0.6 is 0 Å². The Labute approximate surface area is 215 Å². The molecule has 0 aliphatic carbocycles. The average molecular weight is 505 g/mol. The maximum absolute atomic E-state index is 13.1. The maximum atomic E-state index is 13.1. The van der Waals surface area contributed by atoms with Crippen molar-refractivity contribution in [2.45, 2.75) is 31.8 Å². The number of aromatic nitrogens is 2. The van der Waals surface area contributed by atoms with Gasteiger partial charge in [-0.3, -0.25) is 9.59 Å². The molecule has 1 saturated heterocycles. The number of unbranched alkanes of at least 4 members (excludes halogenated alkanes) is 1. The number of esters is 2. The molecule has 5 rings (SSSR count). The molecular weight excluding hydrogens is 472 g/mol. The van der Waals surface area contributed by atoms with Gasteiger partial charge >= 0.3 is 11.9 Å². The zero-order valence-electron chi connectivity index (χ0n) is 20.8. The second-order valence-corrected chi connectivity index (χ2v) is 9.06. The highest BCUT2D eigenvalue weighted by molar-refractivity contribution is 6.04. The van der Waals surface area contributed by atoms with Crippen molar-refractivity contribution in [1.29, 1.82) is 0 Å². The number of rotatable bonds is 6. The fourth-order valence-corrected chi connectivity index (χ4v) is 4.83. The van der Waals surface area contributed by atoms with Gasteiger partial charge in [-0.15, -0.1) is 0 Å². The van der Waals surface area contributed by atoms with Crippen LogP contribution in [-0.2, 0) is 41.6 Å². The summed E-state index contributed by atoms with van der Waals surface area (Å²) in [5.41, 5.74) is 2.81. The van der Waals surface area contributed by atoms with E-state index in [1.54, 1.807) is 0 Å². The van der Waals surface area contributed by atoms with Crippen LogP contribution in [0.2, 0.25) is 0 Å². The highest BCUT2D eigenvalue weighted by Crippen LogP contribution is 2.30. The van der Waals surface area contributed by atoms with E-state index < -0.39 is 17.9 Å². The van der Waals surface area contributed by atoms with Crippen LogP contribution < -0.4 is 0 Å². The molecule has 37 heavy (non-hydrogen) atoms. The van der Waals surface area contributed by atoms with E-state index in [1.807, 2.05) is 30.5 Å². The molecule has 194 valence electrons. The molecule has 1 aliphatic heterocycles. The molecule has 0 radical (unpaired) electrons. The number of para-hydroxylation sites is 2. The Morgan fingerprint density at radius 3 is 2.00 bits per heavy atom. The lowest BCUT2D eigenvalue weighted by Gasteiger charge is -2.15. The summed E-state index contributed by atoms with van der Waals surface area (Å²) >= 11 is 0. The summed E-state index contributed by atoms with van der Waals surface area (Å²) in [5, 5.41) is 2.09. The first-order valence-electron chi connectivity index (χ1n) is 12.8. The molecule has 1 aliphatic rings. The lowest BCUT2D eigenvalue weighted by molar-refractivity contribution is -0.158. The van der Waals surface area contributed by atoms with Crippen LogP contribution in [0.25, 0.3) is 21.8 Å². The minimum Gasteiger partial charge on any atom is -0.462 e. The predicted octanol–water partition coefficient (Wildman–Crippen LogP) is 4.29. The number of nitrogens with zero attached hydrogens (tertiary/aromatic N) is 2. The molecule has 0 amide bonds. The van der Waals surface area contributed by atoms with Gasteiger partial charge < -0.3 is 28.1 Å². The number of cyclic esters (lactones) is 2. The second kappa shape index (κ2) is 12.1. The highest BCUT2D eigenvalue weighted by atomic mass is 16.6. The molecule has 2 aromatic heterocycles. The zero-order chi connectivity index (χ0) is 25.5. The fourth-order valence-electron chi connectivity index (χ4n) is 4.83. The third-order valence-corrected chi connectivity index (χ3v) is 6.65. The van der Waals surface area contributed by atoms with Crippen molar-refractivity contribution in [3.8, 4) is 0 Å². The van der Waals surface area contributed by atoms with E-state index >= 15 is 0 Å². The minimum atomic E-state index is -1.17. The van der Waals surface area contributed by atoms with Gasteiger partial charge in [-0.25, -0.2) is 0 Å². The van der Waals surface area contributed by atoms with Crippen LogP contribution in [0.5, 0.6) is 0 Å². The van der Waals surface area contributed by atoms with Gasteiger partial charge in [0.1, 0.15) is 13.2 Å². The standard InChI is InChI=1S/C29H32N2O6/c32-28-27(29(33)37-20-18-35-16-15-34-17-19-36-28)24-21-31(26-10-4-2-8-23(24)26)13-6-5-12-30-14-11-22-7-1-3-9-25(22)30/h1-4,7-11,14,21,27H,5-6,12-13,15-20H2. The van der Waals surface area contributed by atoms with Crippen molar-refractivity contribution >= 4 is 33.7 Å². The average Bonchev–Trinajstić information content (AvgIpc) is 3.49. The van der Waals surface area contributed by atoms with Crippen LogP contribution in [-0.4, -0.2) is 60.7 Å². The Bertz CT molecular complexity index is 1330. The molecule has 0 unspecified atom stereocenters. The monoisotopic (exact) mass is 504 g/mol. The molecule has 8 nitrogen and oxygen atoms in total. The van der Waals surface area contributed by atoms with Gasteiger partial charge in [0.2, 0.25) is 0 Å². The van der Waals surface area contributed by atoms with E-state index in [-0.39, 0.29) is 26.4 Å². The molecule has 0 saturated carbocycles. The van der Waals surface area contributed by atoms with Gasteiger partial charge in [0.15, 0.2) is 5.92 Å². The van der Waals surface area contributed by atoms with Crippen LogP contribution in [0.4, 0.5) is 0 Å². The van der Waals surface area contributed by atoms with Crippen molar-refractivity contribution in [2.75, 3.05) is 39.6 Å². The number of hydrogen-bond donors (Lipinski definition) is 0. The Morgan fingerprint density at radius 1 is 0.676 bits per heavy atom. The molecule has 0 N–H and O–H groups in total. The highest BCUT2D eigenvalue weighted by Gasteiger charge is 2.34. The maximum Gasteiger partial charge on any atom is 0.325 e. The summed E-state index contributed by atoms with van der Waals surface area (Å²) in [6.45, 7) is 3.09. The third kappa shape index (κ3) is 5.87. The molecule has 4 aromatic rings. The summed E-state index contributed by atoms with van der Waals surface area (Å²) in [4.78, 5) is 26.1. The largest absolute Gasteiger partial charge is 0.462 e. The Hall–Kier alpha value is -3.62. The number of aryl methyl sites for hydroxylation is 2. The molecule has 1 fully saturated rings. The molecule has 0 bridgehead atoms. The first-order chi connectivity index (χ1) is 18.2. The predicted molar refractivity (Wildman–Crippen MR) is 139 cm³/mol. The first-order valence-corrected chi connectivity index (χ1v) is 12.8.